The maximum atomic E-state index is 9.06. The summed E-state index contributed by atoms with van der Waals surface area (Å²) in [4.78, 5) is 14.1. The molecule has 0 bridgehead atoms. The van der Waals surface area contributed by atoms with E-state index in [0.717, 1.165) is 53.9 Å². The van der Waals surface area contributed by atoms with E-state index in [1.165, 1.54) is 0 Å². The zero-order chi connectivity index (χ0) is 16.9. The van der Waals surface area contributed by atoms with E-state index in [1.54, 1.807) is 12.4 Å². The van der Waals surface area contributed by atoms with E-state index in [4.69, 9.17) is 10.00 Å². The molecule has 3 aromatic heterocycles. The predicted octanol–water partition coefficient (Wildman–Crippen LogP) is 1.65. The van der Waals surface area contributed by atoms with E-state index >= 15 is 0 Å². The highest BCUT2D eigenvalue weighted by atomic mass is 16.5. The second-order valence-corrected chi connectivity index (χ2v) is 5.51. The molecule has 0 radical (unpaired) electrons. The van der Waals surface area contributed by atoms with E-state index in [2.05, 4.69) is 31.2 Å². The Hall–Kier alpha value is -2.69. The maximum absolute atomic E-state index is 9.06. The van der Waals surface area contributed by atoms with Crippen LogP contribution in [0.5, 0.6) is 0 Å². The van der Waals surface area contributed by atoms with Crippen LogP contribution in [0.4, 0.5) is 5.69 Å². The molecule has 0 saturated carbocycles. The minimum Gasteiger partial charge on any atom is -0.378 e. The van der Waals surface area contributed by atoms with Gasteiger partial charge in [0, 0.05) is 24.7 Å². The number of hydrogen-bond acceptors (Lipinski definition) is 6. The second kappa shape index (κ2) is 7.25. The van der Waals surface area contributed by atoms with Crippen molar-refractivity contribution in [2.45, 2.75) is 0 Å². The highest BCUT2D eigenvalue weighted by Gasteiger charge is 2.17. The second-order valence-electron chi connectivity index (χ2n) is 5.51. The van der Waals surface area contributed by atoms with Gasteiger partial charge in [-0.1, -0.05) is 0 Å². The summed E-state index contributed by atoms with van der Waals surface area (Å²) in [5, 5.41) is 13.9. The third-order valence-electron chi connectivity index (χ3n) is 3.82. The summed E-state index contributed by atoms with van der Waals surface area (Å²) < 4.78 is 5.42. The standard InChI is InChI=1S/C15H13N5O.C2H7N/c16-8-10-7-11-12(9-18-10)19-15-14(11)13(1-2-17-15)20-3-5-21-6-4-20;1-3-2/h1-2,7,9H,3-6H2,(H,17,19);3H,1-2H3. The Balaban J connectivity index is 0.000000526. The topological polar surface area (TPSA) is 89.9 Å². The van der Waals surface area contributed by atoms with Crippen molar-refractivity contribution >= 4 is 27.6 Å². The molecular formula is C17H20N6O. The van der Waals surface area contributed by atoms with Gasteiger partial charge in [0.2, 0.25) is 0 Å². The number of nitriles is 1. The molecule has 0 aliphatic carbocycles. The van der Waals surface area contributed by atoms with Gasteiger partial charge in [-0.05, 0) is 26.2 Å². The number of aromatic amines is 1. The van der Waals surface area contributed by atoms with Gasteiger partial charge >= 0.3 is 0 Å². The normalized spacial score (nSPS) is 14.3. The van der Waals surface area contributed by atoms with E-state index in [9.17, 15) is 0 Å². The van der Waals surface area contributed by atoms with Crippen LogP contribution in [0.1, 0.15) is 5.69 Å². The van der Waals surface area contributed by atoms with Crippen molar-refractivity contribution in [3.8, 4) is 6.07 Å². The monoisotopic (exact) mass is 324 g/mol. The number of H-pyrrole nitrogens is 1. The van der Waals surface area contributed by atoms with Gasteiger partial charge in [-0.3, -0.25) is 0 Å². The highest BCUT2D eigenvalue weighted by molar-refractivity contribution is 6.12. The molecule has 1 aliphatic heterocycles. The molecule has 0 atom stereocenters. The van der Waals surface area contributed by atoms with Crippen LogP contribution >= 0.6 is 0 Å². The molecular weight excluding hydrogens is 304 g/mol. The molecule has 4 heterocycles. The lowest BCUT2D eigenvalue weighted by Gasteiger charge is -2.29. The Morgan fingerprint density at radius 2 is 2.04 bits per heavy atom. The summed E-state index contributed by atoms with van der Waals surface area (Å²) in [6.07, 6.45) is 3.50. The largest absolute Gasteiger partial charge is 0.378 e. The van der Waals surface area contributed by atoms with Crippen molar-refractivity contribution in [3.05, 3.63) is 30.2 Å². The van der Waals surface area contributed by atoms with Crippen LogP contribution in [-0.4, -0.2) is 55.4 Å². The van der Waals surface area contributed by atoms with Crippen LogP contribution in [0.3, 0.4) is 0 Å². The van der Waals surface area contributed by atoms with Crippen molar-refractivity contribution in [1.29, 1.82) is 5.26 Å². The smallest absolute Gasteiger partial charge is 0.141 e. The van der Waals surface area contributed by atoms with Crippen molar-refractivity contribution in [2.75, 3.05) is 45.3 Å². The first kappa shape index (κ1) is 16.2. The number of nitrogens with one attached hydrogen (secondary N) is 2. The lowest BCUT2D eigenvalue weighted by Crippen LogP contribution is -2.36. The molecule has 1 aliphatic rings. The van der Waals surface area contributed by atoms with Crippen molar-refractivity contribution in [2.24, 2.45) is 0 Å². The fourth-order valence-electron chi connectivity index (χ4n) is 2.83. The van der Waals surface area contributed by atoms with E-state index < -0.39 is 0 Å². The van der Waals surface area contributed by atoms with Crippen LogP contribution in [0.15, 0.2) is 24.5 Å². The third-order valence-corrected chi connectivity index (χ3v) is 3.82. The summed E-state index contributed by atoms with van der Waals surface area (Å²) in [5.41, 5.74) is 3.27. The maximum Gasteiger partial charge on any atom is 0.141 e. The highest BCUT2D eigenvalue weighted by Crippen LogP contribution is 2.32. The minimum atomic E-state index is 0.417. The number of pyridine rings is 2. The Kier molecular flexibility index (Phi) is 4.89. The summed E-state index contributed by atoms with van der Waals surface area (Å²) in [5.74, 6) is 0. The van der Waals surface area contributed by atoms with Crippen molar-refractivity contribution in [3.63, 3.8) is 0 Å². The zero-order valence-electron chi connectivity index (χ0n) is 13.8. The van der Waals surface area contributed by atoms with Gasteiger partial charge in [-0.15, -0.1) is 0 Å². The summed E-state index contributed by atoms with van der Waals surface area (Å²) in [7, 11) is 3.75. The Labute approximate surface area is 140 Å². The van der Waals surface area contributed by atoms with Gasteiger partial charge in [0.05, 0.1) is 36.0 Å². The molecule has 0 aromatic carbocycles. The van der Waals surface area contributed by atoms with Crippen LogP contribution in [0, 0.1) is 11.3 Å². The number of anilines is 1. The van der Waals surface area contributed by atoms with Crippen LogP contribution in [0.2, 0.25) is 0 Å². The molecule has 4 rings (SSSR count). The number of ether oxygens (including phenoxy) is 1. The lowest BCUT2D eigenvalue weighted by molar-refractivity contribution is 0.123. The van der Waals surface area contributed by atoms with E-state index in [-0.39, 0.29) is 0 Å². The zero-order valence-corrected chi connectivity index (χ0v) is 13.8. The molecule has 0 unspecified atom stereocenters. The van der Waals surface area contributed by atoms with Crippen molar-refractivity contribution in [1.82, 2.24) is 20.3 Å². The molecule has 7 heteroatoms. The van der Waals surface area contributed by atoms with Gasteiger partial charge in [0.1, 0.15) is 17.4 Å². The first-order valence-corrected chi connectivity index (χ1v) is 7.86. The number of hydrogen-bond donors (Lipinski definition) is 2. The van der Waals surface area contributed by atoms with Gasteiger partial charge < -0.3 is 19.9 Å². The third kappa shape index (κ3) is 3.02. The molecule has 1 fully saturated rings. The van der Waals surface area contributed by atoms with Gasteiger partial charge in [0.25, 0.3) is 0 Å². The summed E-state index contributed by atoms with van der Waals surface area (Å²) in [6.45, 7) is 3.19. The molecule has 124 valence electrons. The predicted molar refractivity (Wildman–Crippen MR) is 94.1 cm³/mol. The van der Waals surface area contributed by atoms with Gasteiger partial charge in [-0.25, -0.2) is 9.97 Å². The molecule has 0 spiro atoms. The van der Waals surface area contributed by atoms with Crippen LogP contribution in [0.25, 0.3) is 21.9 Å². The number of morpholine rings is 1. The minimum absolute atomic E-state index is 0.417. The number of aromatic nitrogens is 3. The fraction of sp³-hybridized carbons (Fsp3) is 0.353. The molecule has 0 amide bonds. The SMILES string of the molecule is CNC.N#Cc1cc2c(cn1)[nH]c1nccc(N3CCOCC3)c12. The first-order chi connectivity index (χ1) is 11.8. The Morgan fingerprint density at radius 3 is 2.75 bits per heavy atom. The lowest BCUT2D eigenvalue weighted by atomic mass is 10.1. The van der Waals surface area contributed by atoms with E-state index in [0.29, 0.717) is 5.69 Å². The molecule has 24 heavy (non-hydrogen) atoms. The molecule has 7 nitrogen and oxygen atoms in total. The summed E-state index contributed by atoms with van der Waals surface area (Å²) in [6, 6.07) is 5.93. The Morgan fingerprint density at radius 1 is 1.29 bits per heavy atom. The van der Waals surface area contributed by atoms with E-state index in [1.807, 2.05) is 26.2 Å². The first-order valence-electron chi connectivity index (χ1n) is 7.86. The Bertz CT molecular complexity index is 876. The van der Waals surface area contributed by atoms with Gasteiger partial charge in [0.15, 0.2) is 0 Å². The average Bonchev–Trinajstić information content (AvgIpc) is 3.01. The molecule has 1 saturated heterocycles. The van der Waals surface area contributed by atoms with Gasteiger partial charge in [-0.2, -0.15) is 5.26 Å². The summed E-state index contributed by atoms with van der Waals surface area (Å²) >= 11 is 0. The molecule has 2 N–H and O–H groups in total. The van der Waals surface area contributed by atoms with Crippen LogP contribution < -0.4 is 10.2 Å². The fourth-order valence-corrected chi connectivity index (χ4v) is 2.83. The molecule has 3 aromatic rings. The van der Waals surface area contributed by atoms with Crippen molar-refractivity contribution < 1.29 is 4.74 Å². The van der Waals surface area contributed by atoms with Crippen LogP contribution in [-0.2, 0) is 4.74 Å². The number of fused-ring (bicyclic) bond motifs is 3. The quantitative estimate of drug-likeness (QED) is 0.707. The average molecular weight is 324 g/mol. The number of nitrogens with zero attached hydrogens (tertiary/aromatic N) is 4. The number of rotatable bonds is 1.